The number of unbranched alkanes of at least 4 members (excludes halogenated alkanes) is 2. The highest BCUT2D eigenvalue weighted by Crippen LogP contribution is 2.16. The second-order valence-electron chi connectivity index (χ2n) is 8.51. The molecule has 0 fully saturated rings. The number of aromatic amines is 2. The summed E-state index contributed by atoms with van der Waals surface area (Å²) in [5.41, 5.74) is 0.609. The maximum atomic E-state index is 13.2. The van der Waals surface area contributed by atoms with Gasteiger partial charge in [0.25, 0.3) is 5.91 Å². The number of benzene rings is 1. The first-order valence-electron chi connectivity index (χ1n) is 12.4. The molecule has 0 bridgehead atoms. The van der Waals surface area contributed by atoms with E-state index >= 15 is 0 Å². The van der Waals surface area contributed by atoms with Gasteiger partial charge in [-0.15, -0.1) is 0 Å². The van der Waals surface area contributed by atoms with E-state index in [0.717, 1.165) is 30.2 Å². The molecule has 0 radical (unpaired) electrons. The first-order valence-corrected chi connectivity index (χ1v) is 12.4. The monoisotopic (exact) mass is 466 g/mol. The van der Waals surface area contributed by atoms with Gasteiger partial charge in [0.05, 0.1) is 19.7 Å². The third-order valence-corrected chi connectivity index (χ3v) is 5.65. The fourth-order valence-electron chi connectivity index (χ4n) is 3.98. The molecule has 3 rings (SSSR count). The van der Waals surface area contributed by atoms with Gasteiger partial charge in [0.2, 0.25) is 0 Å². The van der Waals surface area contributed by atoms with Gasteiger partial charge in [0.1, 0.15) is 17.4 Å². The maximum absolute atomic E-state index is 13.2. The molecule has 8 nitrogen and oxygen atoms in total. The van der Waals surface area contributed by atoms with E-state index in [4.69, 9.17) is 4.74 Å². The summed E-state index contributed by atoms with van der Waals surface area (Å²) >= 11 is 0. The summed E-state index contributed by atoms with van der Waals surface area (Å²) in [6.45, 7) is 9.47. The van der Waals surface area contributed by atoms with Crippen molar-refractivity contribution in [1.82, 2.24) is 29.7 Å². The van der Waals surface area contributed by atoms with Crippen LogP contribution in [0, 0.1) is 0 Å². The average molecular weight is 467 g/mol. The van der Waals surface area contributed by atoms with Crippen LogP contribution in [-0.4, -0.2) is 61.9 Å². The number of ether oxygens (including phenoxy) is 1. The second kappa shape index (κ2) is 14.2. The molecule has 0 aliphatic carbocycles. The number of carbonyl (C=O) groups is 1. The Bertz CT molecular complexity index is 883. The summed E-state index contributed by atoms with van der Waals surface area (Å²) in [7, 11) is 0. The Labute approximate surface area is 202 Å². The molecule has 0 spiro atoms. The highest BCUT2D eigenvalue weighted by Gasteiger charge is 2.19. The molecule has 8 heteroatoms. The van der Waals surface area contributed by atoms with E-state index in [1.807, 2.05) is 24.3 Å². The minimum atomic E-state index is -0.0805. The van der Waals surface area contributed by atoms with Crippen molar-refractivity contribution >= 4 is 5.91 Å². The van der Waals surface area contributed by atoms with Crippen LogP contribution in [0.25, 0.3) is 0 Å². The molecule has 1 aromatic carbocycles. The van der Waals surface area contributed by atoms with Crippen LogP contribution < -0.4 is 4.74 Å². The summed E-state index contributed by atoms with van der Waals surface area (Å²) in [6, 6.07) is 7.38. The van der Waals surface area contributed by atoms with Crippen LogP contribution >= 0.6 is 0 Å². The molecule has 34 heavy (non-hydrogen) atoms. The van der Waals surface area contributed by atoms with Gasteiger partial charge in [0, 0.05) is 30.4 Å². The van der Waals surface area contributed by atoms with Crippen molar-refractivity contribution in [3.05, 3.63) is 66.3 Å². The number of hydrogen-bond acceptors (Lipinski definition) is 5. The van der Waals surface area contributed by atoms with E-state index in [1.54, 1.807) is 29.7 Å². The fourth-order valence-corrected chi connectivity index (χ4v) is 3.98. The molecule has 2 heterocycles. The van der Waals surface area contributed by atoms with Gasteiger partial charge < -0.3 is 24.5 Å². The molecule has 0 aliphatic rings. The van der Waals surface area contributed by atoms with E-state index < -0.39 is 0 Å². The molecule has 0 unspecified atom stereocenters. The summed E-state index contributed by atoms with van der Waals surface area (Å²) in [5, 5.41) is 0. The number of amides is 1. The Hall–Kier alpha value is -3.13. The molecule has 3 aromatic rings. The molecular formula is C26H38N6O2. The van der Waals surface area contributed by atoms with Gasteiger partial charge in [-0.3, -0.25) is 4.79 Å². The summed E-state index contributed by atoms with van der Waals surface area (Å²) in [5.74, 6) is 2.17. The van der Waals surface area contributed by atoms with Gasteiger partial charge in [-0.1, -0.05) is 13.8 Å². The van der Waals surface area contributed by atoms with Crippen LogP contribution in [0.1, 0.15) is 68.0 Å². The Balaban J connectivity index is 1.46. The van der Waals surface area contributed by atoms with Gasteiger partial charge in [-0.2, -0.15) is 0 Å². The van der Waals surface area contributed by atoms with Crippen molar-refractivity contribution in [1.29, 1.82) is 0 Å². The normalized spacial score (nSPS) is 11.1. The number of nitrogens with zero attached hydrogens (tertiary/aromatic N) is 4. The number of H-pyrrole nitrogens is 2. The quantitative estimate of drug-likeness (QED) is 0.300. The van der Waals surface area contributed by atoms with Crippen molar-refractivity contribution in [2.24, 2.45) is 0 Å². The molecule has 1 amide bonds. The first-order chi connectivity index (χ1) is 16.7. The molecule has 2 N–H and O–H groups in total. The van der Waals surface area contributed by atoms with Crippen molar-refractivity contribution in [2.45, 2.75) is 59.0 Å². The van der Waals surface area contributed by atoms with Crippen LogP contribution in [0.3, 0.4) is 0 Å². The van der Waals surface area contributed by atoms with Gasteiger partial charge in [-0.25, -0.2) is 9.97 Å². The lowest BCUT2D eigenvalue weighted by atomic mass is 10.2. The van der Waals surface area contributed by atoms with E-state index in [2.05, 4.69) is 38.7 Å². The molecule has 0 atom stereocenters. The zero-order chi connectivity index (χ0) is 24.0. The average Bonchev–Trinajstić information content (AvgIpc) is 3.56. The summed E-state index contributed by atoms with van der Waals surface area (Å²) in [4.78, 5) is 32.1. The summed E-state index contributed by atoms with van der Waals surface area (Å²) < 4.78 is 5.91. The SMILES string of the molecule is CCCN(CCC)CCCCCOc1ccc(C(=O)N(Cc2ncc[nH]2)Cc2ncc[nH]2)cc1. The lowest BCUT2D eigenvalue weighted by Crippen LogP contribution is -2.31. The summed E-state index contributed by atoms with van der Waals surface area (Å²) in [6.07, 6.45) is 12.7. The van der Waals surface area contributed by atoms with Crippen molar-refractivity contribution < 1.29 is 9.53 Å². The van der Waals surface area contributed by atoms with Crippen molar-refractivity contribution in [3.8, 4) is 5.75 Å². The van der Waals surface area contributed by atoms with Crippen molar-refractivity contribution in [3.63, 3.8) is 0 Å². The Morgan fingerprint density at radius 2 is 1.47 bits per heavy atom. The number of nitrogens with one attached hydrogen (secondary N) is 2. The van der Waals surface area contributed by atoms with E-state index in [9.17, 15) is 4.79 Å². The molecule has 0 saturated heterocycles. The van der Waals surface area contributed by atoms with Gasteiger partial charge in [-0.05, 0) is 76.0 Å². The number of imidazole rings is 2. The predicted molar refractivity (Wildman–Crippen MR) is 134 cm³/mol. The first kappa shape index (κ1) is 25.5. The fraction of sp³-hybridized carbons (Fsp3) is 0.500. The van der Waals surface area contributed by atoms with Crippen LogP contribution in [0.5, 0.6) is 5.75 Å². The molecular weight excluding hydrogens is 428 g/mol. The van der Waals surface area contributed by atoms with Crippen LogP contribution in [-0.2, 0) is 13.1 Å². The number of carbonyl (C=O) groups excluding carboxylic acids is 1. The molecule has 0 saturated carbocycles. The Kier molecular flexibility index (Phi) is 10.6. The zero-order valence-electron chi connectivity index (χ0n) is 20.5. The van der Waals surface area contributed by atoms with Gasteiger partial charge in [0.15, 0.2) is 0 Å². The zero-order valence-corrected chi connectivity index (χ0v) is 20.5. The highest BCUT2D eigenvalue weighted by atomic mass is 16.5. The Morgan fingerprint density at radius 1 is 0.853 bits per heavy atom. The highest BCUT2D eigenvalue weighted by molar-refractivity contribution is 5.94. The predicted octanol–water partition coefficient (Wildman–Crippen LogP) is 4.65. The standard InChI is InChI=1S/C26H38N6O2/c1-3-16-31(17-4-2)18-6-5-7-19-34-23-10-8-22(9-11-23)26(33)32(20-24-27-12-13-28-24)21-25-29-14-15-30-25/h8-15H,3-7,16-21H2,1-2H3,(H,27,28)(H,29,30). The van der Waals surface area contributed by atoms with Crippen LogP contribution in [0.15, 0.2) is 49.1 Å². The number of hydrogen-bond donors (Lipinski definition) is 2. The lowest BCUT2D eigenvalue weighted by molar-refractivity contribution is 0.0721. The molecule has 2 aromatic heterocycles. The van der Waals surface area contributed by atoms with Crippen LogP contribution in [0.2, 0.25) is 0 Å². The van der Waals surface area contributed by atoms with Gasteiger partial charge >= 0.3 is 0 Å². The maximum Gasteiger partial charge on any atom is 0.254 e. The second-order valence-corrected chi connectivity index (χ2v) is 8.51. The third kappa shape index (κ3) is 8.33. The topological polar surface area (TPSA) is 90.1 Å². The minimum absolute atomic E-state index is 0.0805. The largest absolute Gasteiger partial charge is 0.494 e. The minimum Gasteiger partial charge on any atom is -0.494 e. The third-order valence-electron chi connectivity index (χ3n) is 5.65. The van der Waals surface area contributed by atoms with E-state index in [0.29, 0.717) is 25.3 Å². The number of aromatic nitrogens is 4. The van der Waals surface area contributed by atoms with E-state index in [1.165, 1.54) is 38.9 Å². The Morgan fingerprint density at radius 3 is 2.00 bits per heavy atom. The van der Waals surface area contributed by atoms with Crippen molar-refractivity contribution in [2.75, 3.05) is 26.2 Å². The van der Waals surface area contributed by atoms with E-state index in [-0.39, 0.29) is 5.91 Å². The molecule has 184 valence electrons. The molecule has 0 aliphatic heterocycles. The smallest absolute Gasteiger partial charge is 0.254 e. The number of rotatable bonds is 16. The lowest BCUT2D eigenvalue weighted by Gasteiger charge is -2.21. The van der Waals surface area contributed by atoms with Crippen LogP contribution in [0.4, 0.5) is 0 Å².